The molecule has 1 aliphatic heterocycles. The van der Waals surface area contributed by atoms with Crippen LogP contribution in [0.2, 0.25) is 0 Å². The van der Waals surface area contributed by atoms with Gasteiger partial charge in [-0.15, -0.1) is 0 Å². The fraction of sp³-hybridized carbons (Fsp3) is 0.500. The Balaban J connectivity index is 2.49. The van der Waals surface area contributed by atoms with Crippen molar-refractivity contribution in [1.82, 2.24) is 5.32 Å². The standard InChI is InChI=1S/C12H15F2NO/c1-8-7-15-6-5-12(8,16)11-9(13)3-2-4-10(11)14/h2-4,8,15-16H,5-7H2,1H3. The molecule has 1 fully saturated rings. The van der Waals surface area contributed by atoms with Crippen LogP contribution in [0.1, 0.15) is 18.9 Å². The number of piperidine rings is 1. The number of hydrogen-bond acceptors (Lipinski definition) is 2. The summed E-state index contributed by atoms with van der Waals surface area (Å²) in [5.41, 5.74) is -1.59. The lowest BCUT2D eigenvalue weighted by atomic mass is 9.77. The van der Waals surface area contributed by atoms with Crippen LogP contribution in [-0.2, 0) is 5.60 Å². The second-order valence-electron chi connectivity index (χ2n) is 4.38. The van der Waals surface area contributed by atoms with Crippen LogP contribution in [0.4, 0.5) is 8.78 Å². The predicted molar refractivity (Wildman–Crippen MR) is 56.9 cm³/mol. The van der Waals surface area contributed by atoms with Crippen LogP contribution < -0.4 is 5.32 Å². The van der Waals surface area contributed by atoms with E-state index in [2.05, 4.69) is 5.32 Å². The van der Waals surface area contributed by atoms with Gasteiger partial charge in [0.2, 0.25) is 0 Å². The molecular weight excluding hydrogens is 212 g/mol. The van der Waals surface area contributed by atoms with Crippen molar-refractivity contribution in [2.75, 3.05) is 13.1 Å². The van der Waals surface area contributed by atoms with E-state index in [0.29, 0.717) is 19.5 Å². The molecule has 1 aromatic carbocycles. The normalized spacial score (nSPS) is 30.4. The largest absolute Gasteiger partial charge is 0.385 e. The molecule has 1 saturated heterocycles. The van der Waals surface area contributed by atoms with Crippen molar-refractivity contribution in [1.29, 1.82) is 0 Å². The Labute approximate surface area is 93.3 Å². The van der Waals surface area contributed by atoms with Crippen molar-refractivity contribution in [3.8, 4) is 0 Å². The van der Waals surface area contributed by atoms with Gasteiger partial charge in [-0.2, -0.15) is 0 Å². The van der Waals surface area contributed by atoms with E-state index in [9.17, 15) is 13.9 Å². The average molecular weight is 227 g/mol. The quantitative estimate of drug-likeness (QED) is 0.766. The zero-order chi connectivity index (χ0) is 11.8. The minimum Gasteiger partial charge on any atom is -0.385 e. The molecule has 4 heteroatoms. The van der Waals surface area contributed by atoms with E-state index in [-0.39, 0.29) is 11.5 Å². The Morgan fingerprint density at radius 3 is 2.56 bits per heavy atom. The highest BCUT2D eigenvalue weighted by molar-refractivity contribution is 5.27. The summed E-state index contributed by atoms with van der Waals surface area (Å²) in [6.45, 7) is 2.91. The zero-order valence-corrected chi connectivity index (χ0v) is 9.13. The molecule has 1 aromatic rings. The maximum absolute atomic E-state index is 13.6. The van der Waals surface area contributed by atoms with E-state index in [1.54, 1.807) is 6.92 Å². The molecule has 0 aromatic heterocycles. The maximum Gasteiger partial charge on any atom is 0.132 e. The van der Waals surface area contributed by atoms with Gasteiger partial charge in [-0.05, 0) is 25.1 Å². The molecule has 2 atom stereocenters. The van der Waals surface area contributed by atoms with Crippen LogP contribution in [0.3, 0.4) is 0 Å². The summed E-state index contributed by atoms with van der Waals surface area (Å²) >= 11 is 0. The lowest BCUT2D eigenvalue weighted by molar-refractivity contribution is -0.0448. The fourth-order valence-electron chi connectivity index (χ4n) is 2.30. The van der Waals surface area contributed by atoms with Crippen LogP contribution in [0.5, 0.6) is 0 Å². The van der Waals surface area contributed by atoms with Crippen molar-refractivity contribution < 1.29 is 13.9 Å². The Morgan fingerprint density at radius 1 is 1.38 bits per heavy atom. The van der Waals surface area contributed by atoms with Crippen LogP contribution in [0.25, 0.3) is 0 Å². The Kier molecular flexibility index (Phi) is 2.95. The first-order valence-electron chi connectivity index (χ1n) is 5.43. The van der Waals surface area contributed by atoms with Crippen LogP contribution in [0, 0.1) is 17.6 Å². The molecule has 2 unspecified atom stereocenters. The van der Waals surface area contributed by atoms with Gasteiger partial charge in [0.05, 0.1) is 5.56 Å². The van der Waals surface area contributed by atoms with Gasteiger partial charge in [0.1, 0.15) is 17.2 Å². The summed E-state index contributed by atoms with van der Waals surface area (Å²) in [5.74, 6) is -1.56. The molecule has 0 spiro atoms. The summed E-state index contributed by atoms with van der Waals surface area (Å²) in [6, 6.07) is 3.68. The fourth-order valence-corrected chi connectivity index (χ4v) is 2.30. The molecule has 16 heavy (non-hydrogen) atoms. The second-order valence-corrected chi connectivity index (χ2v) is 4.38. The number of rotatable bonds is 1. The molecule has 0 amide bonds. The van der Waals surface area contributed by atoms with E-state index >= 15 is 0 Å². The molecular formula is C12H15F2NO. The van der Waals surface area contributed by atoms with E-state index < -0.39 is 17.2 Å². The van der Waals surface area contributed by atoms with Crippen molar-refractivity contribution >= 4 is 0 Å². The second kappa shape index (κ2) is 4.11. The van der Waals surface area contributed by atoms with Crippen molar-refractivity contribution in [2.45, 2.75) is 18.9 Å². The topological polar surface area (TPSA) is 32.3 Å². The van der Waals surface area contributed by atoms with Gasteiger partial charge in [0.25, 0.3) is 0 Å². The van der Waals surface area contributed by atoms with Crippen molar-refractivity contribution in [2.24, 2.45) is 5.92 Å². The highest BCUT2D eigenvalue weighted by Crippen LogP contribution is 2.37. The minimum absolute atomic E-state index is 0.191. The Bertz CT molecular complexity index is 376. The van der Waals surface area contributed by atoms with E-state index in [1.807, 2.05) is 0 Å². The molecule has 0 radical (unpaired) electrons. The van der Waals surface area contributed by atoms with Gasteiger partial charge >= 0.3 is 0 Å². The molecule has 0 bridgehead atoms. The molecule has 1 heterocycles. The predicted octanol–water partition coefficient (Wildman–Crippen LogP) is 1.78. The van der Waals surface area contributed by atoms with Crippen LogP contribution in [0.15, 0.2) is 18.2 Å². The highest BCUT2D eigenvalue weighted by Gasteiger charge is 2.41. The lowest BCUT2D eigenvalue weighted by Crippen LogP contribution is -2.47. The summed E-state index contributed by atoms with van der Waals surface area (Å²) in [6.07, 6.45) is 0.325. The van der Waals surface area contributed by atoms with Crippen molar-refractivity contribution in [3.63, 3.8) is 0 Å². The third-order valence-electron chi connectivity index (χ3n) is 3.34. The first-order chi connectivity index (χ1) is 7.55. The van der Waals surface area contributed by atoms with Crippen LogP contribution >= 0.6 is 0 Å². The monoisotopic (exact) mass is 227 g/mol. The maximum atomic E-state index is 13.6. The van der Waals surface area contributed by atoms with E-state index in [4.69, 9.17) is 0 Å². The molecule has 2 rings (SSSR count). The third kappa shape index (κ3) is 1.72. The molecule has 0 aliphatic carbocycles. The summed E-state index contributed by atoms with van der Waals surface area (Å²) < 4.78 is 27.3. The molecule has 88 valence electrons. The molecule has 0 saturated carbocycles. The van der Waals surface area contributed by atoms with Gasteiger partial charge in [-0.1, -0.05) is 13.0 Å². The average Bonchev–Trinajstić information content (AvgIpc) is 2.22. The van der Waals surface area contributed by atoms with Gasteiger partial charge in [-0.3, -0.25) is 0 Å². The van der Waals surface area contributed by atoms with Crippen molar-refractivity contribution in [3.05, 3.63) is 35.4 Å². The van der Waals surface area contributed by atoms with Gasteiger partial charge < -0.3 is 10.4 Å². The summed E-state index contributed by atoms with van der Waals surface area (Å²) in [5, 5.41) is 13.5. The summed E-state index contributed by atoms with van der Waals surface area (Å²) in [7, 11) is 0. The van der Waals surface area contributed by atoms with Gasteiger partial charge in [0.15, 0.2) is 0 Å². The molecule has 1 aliphatic rings. The smallest absolute Gasteiger partial charge is 0.132 e. The zero-order valence-electron chi connectivity index (χ0n) is 9.13. The SMILES string of the molecule is CC1CNCCC1(O)c1c(F)cccc1F. The summed E-state index contributed by atoms with van der Waals surface area (Å²) in [4.78, 5) is 0. The first kappa shape index (κ1) is 11.5. The first-order valence-corrected chi connectivity index (χ1v) is 5.43. The van der Waals surface area contributed by atoms with E-state index in [1.165, 1.54) is 18.2 Å². The molecule has 2 N–H and O–H groups in total. The Hall–Kier alpha value is -1.00. The highest BCUT2D eigenvalue weighted by atomic mass is 19.1. The number of nitrogens with one attached hydrogen (secondary N) is 1. The van der Waals surface area contributed by atoms with E-state index in [0.717, 1.165) is 0 Å². The number of hydrogen-bond donors (Lipinski definition) is 2. The van der Waals surface area contributed by atoms with Gasteiger partial charge in [-0.25, -0.2) is 8.78 Å². The molecule has 2 nitrogen and oxygen atoms in total. The van der Waals surface area contributed by atoms with Crippen LogP contribution in [-0.4, -0.2) is 18.2 Å². The Morgan fingerprint density at radius 2 is 2.00 bits per heavy atom. The minimum atomic E-state index is -1.40. The number of aliphatic hydroxyl groups is 1. The van der Waals surface area contributed by atoms with Gasteiger partial charge in [0, 0.05) is 12.5 Å². The number of benzene rings is 1. The number of halogens is 2. The lowest BCUT2D eigenvalue weighted by Gasteiger charge is -2.39. The third-order valence-corrected chi connectivity index (χ3v) is 3.34.